The van der Waals surface area contributed by atoms with E-state index in [-0.39, 0.29) is 11.2 Å². The molecule has 1 N–H and O–H groups in total. The van der Waals surface area contributed by atoms with Crippen LogP contribution in [0.2, 0.25) is 0 Å². The lowest BCUT2D eigenvalue weighted by Gasteiger charge is -2.19. The number of fused-ring (bicyclic) bond motifs is 6. The number of aromatic nitrogens is 3. The van der Waals surface area contributed by atoms with Gasteiger partial charge in [0.25, 0.3) is 0 Å². The van der Waals surface area contributed by atoms with E-state index in [2.05, 4.69) is 91.9 Å². The van der Waals surface area contributed by atoms with Crippen molar-refractivity contribution in [1.82, 2.24) is 14.4 Å². The molecule has 0 aliphatic heterocycles. The number of nitrogens with zero attached hydrogens (tertiary/aromatic N) is 3. The Bertz CT molecular complexity index is 2330. The van der Waals surface area contributed by atoms with Crippen LogP contribution in [0.1, 0.15) is 26.3 Å². The van der Waals surface area contributed by atoms with E-state index in [0.29, 0.717) is 22.9 Å². The minimum absolute atomic E-state index is 0.0138. The highest BCUT2D eigenvalue weighted by molar-refractivity contribution is 6.24. The van der Waals surface area contributed by atoms with Crippen LogP contribution in [0.25, 0.3) is 60.6 Å². The second-order valence-electron chi connectivity index (χ2n) is 12.1. The van der Waals surface area contributed by atoms with Crippen LogP contribution in [-0.4, -0.2) is 19.5 Å². The van der Waals surface area contributed by atoms with E-state index in [9.17, 15) is 5.11 Å². The highest BCUT2D eigenvalue weighted by Gasteiger charge is 2.22. The number of para-hydroxylation sites is 3. The predicted octanol–water partition coefficient (Wildman–Crippen LogP) is 9.76. The van der Waals surface area contributed by atoms with Crippen LogP contribution in [0.3, 0.4) is 0 Å². The molecule has 0 saturated carbocycles. The third-order valence-electron chi connectivity index (χ3n) is 8.33. The van der Waals surface area contributed by atoms with E-state index >= 15 is 0 Å². The third-order valence-corrected chi connectivity index (χ3v) is 8.33. The molecule has 0 fully saturated rings. The maximum absolute atomic E-state index is 10.5. The molecule has 0 radical (unpaired) electrons. The van der Waals surface area contributed by atoms with Gasteiger partial charge in [-0.1, -0.05) is 75.4 Å². The van der Waals surface area contributed by atoms with E-state index in [1.165, 1.54) is 21.9 Å². The summed E-state index contributed by atoms with van der Waals surface area (Å²) in [6.45, 7) is 6.64. The van der Waals surface area contributed by atoms with Crippen LogP contribution in [0.15, 0.2) is 115 Å². The first kappa shape index (κ1) is 25.3. The Hall–Kier alpha value is -5.42. The molecule has 4 aromatic heterocycles. The van der Waals surface area contributed by atoms with E-state index in [1.54, 1.807) is 12.1 Å². The highest BCUT2D eigenvalue weighted by Crippen LogP contribution is 2.45. The van der Waals surface area contributed by atoms with E-state index < -0.39 is 0 Å². The van der Waals surface area contributed by atoms with Gasteiger partial charge in [-0.2, -0.15) is 0 Å². The molecular formula is C38H29N3O2. The summed E-state index contributed by atoms with van der Waals surface area (Å²) in [5.74, 6) is 1.33. The van der Waals surface area contributed by atoms with Gasteiger partial charge < -0.3 is 14.2 Å². The van der Waals surface area contributed by atoms with E-state index in [1.807, 2.05) is 36.5 Å². The summed E-state index contributed by atoms with van der Waals surface area (Å²) >= 11 is 0. The van der Waals surface area contributed by atoms with Crippen molar-refractivity contribution in [2.75, 3.05) is 0 Å². The zero-order chi connectivity index (χ0) is 29.3. The molecule has 43 heavy (non-hydrogen) atoms. The normalized spacial score (nSPS) is 12.2. The number of hydrogen-bond donors (Lipinski definition) is 1. The number of phenols is 1. The molecule has 5 nitrogen and oxygen atoms in total. The number of aromatic hydroxyl groups is 1. The van der Waals surface area contributed by atoms with Crippen molar-refractivity contribution in [3.05, 3.63) is 121 Å². The van der Waals surface area contributed by atoms with Gasteiger partial charge in [0.2, 0.25) is 5.88 Å². The second-order valence-corrected chi connectivity index (χ2v) is 12.1. The van der Waals surface area contributed by atoms with Crippen LogP contribution >= 0.6 is 0 Å². The van der Waals surface area contributed by atoms with E-state index in [0.717, 1.165) is 33.1 Å². The van der Waals surface area contributed by atoms with Crippen LogP contribution in [0.4, 0.5) is 0 Å². The summed E-state index contributed by atoms with van der Waals surface area (Å²) < 4.78 is 9.05. The molecule has 0 bridgehead atoms. The van der Waals surface area contributed by atoms with Crippen molar-refractivity contribution in [1.29, 1.82) is 0 Å². The second kappa shape index (κ2) is 9.30. The van der Waals surface area contributed by atoms with Crippen LogP contribution in [0.5, 0.6) is 17.4 Å². The molecule has 8 rings (SSSR count). The lowest BCUT2D eigenvalue weighted by molar-refractivity contribution is 0.468. The van der Waals surface area contributed by atoms with Gasteiger partial charge in [-0.3, -0.25) is 4.98 Å². The quantitative estimate of drug-likeness (QED) is 0.233. The molecule has 5 heteroatoms. The topological polar surface area (TPSA) is 59.7 Å². The summed E-state index contributed by atoms with van der Waals surface area (Å²) in [4.78, 5) is 9.60. The van der Waals surface area contributed by atoms with Gasteiger partial charge in [0.05, 0.1) is 33.3 Å². The van der Waals surface area contributed by atoms with Crippen molar-refractivity contribution in [3.63, 3.8) is 0 Å². The number of phenolic OH excluding ortho intramolecular Hbond substituents is 1. The lowest BCUT2D eigenvalue weighted by atomic mass is 9.87. The van der Waals surface area contributed by atoms with E-state index in [4.69, 9.17) is 14.7 Å². The Balaban J connectivity index is 1.40. The molecule has 0 spiro atoms. The van der Waals surface area contributed by atoms with Gasteiger partial charge in [-0.05, 0) is 59.5 Å². The zero-order valence-electron chi connectivity index (χ0n) is 24.2. The number of ether oxygens (including phenoxy) is 1. The predicted molar refractivity (Wildman–Crippen MR) is 174 cm³/mol. The van der Waals surface area contributed by atoms with Crippen LogP contribution < -0.4 is 4.74 Å². The van der Waals surface area contributed by atoms with Crippen molar-refractivity contribution in [2.24, 2.45) is 0 Å². The molecule has 0 unspecified atom stereocenters. The fourth-order valence-corrected chi connectivity index (χ4v) is 6.23. The van der Waals surface area contributed by atoms with Crippen LogP contribution in [0, 0.1) is 0 Å². The highest BCUT2D eigenvalue weighted by atomic mass is 16.5. The van der Waals surface area contributed by atoms with Crippen molar-refractivity contribution >= 4 is 38.1 Å². The van der Waals surface area contributed by atoms with Gasteiger partial charge in [0, 0.05) is 39.5 Å². The minimum atomic E-state index is -0.0138. The molecule has 0 saturated heterocycles. The summed E-state index contributed by atoms with van der Waals surface area (Å²) in [6, 6.07) is 36.4. The molecule has 0 atom stereocenters. The molecule has 0 amide bonds. The Kier molecular flexibility index (Phi) is 5.47. The van der Waals surface area contributed by atoms with Gasteiger partial charge in [0.15, 0.2) is 0 Å². The minimum Gasteiger partial charge on any atom is -0.507 e. The zero-order valence-corrected chi connectivity index (χ0v) is 24.2. The van der Waals surface area contributed by atoms with Crippen LogP contribution in [-0.2, 0) is 5.41 Å². The molecular weight excluding hydrogens is 530 g/mol. The molecule has 208 valence electrons. The average Bonchev–Trinajstić information content (AvgIpc) is 3.54. The van der Waals surface area contributed by atoms with Crippen molar-refractivity contribution < 1.29 is 9.84 Å². The number of hydrogen-bond acceptors (Lipinski definition) is 4. The van der Waals surface area contributed by atoms with Gasteiger partial charge in [-0.15, -0.1) is 0 Å². The summed E-state index contributed by atoms with van der Waals surface area (Å²) in [7, 11) is 0. The maximum Gasteiger partial charge on any atom is 0.219 e. The summed E-state index contributed by atoms with van der Waals surface area (Å²) in [6.07, 6.45) is 1.89. The fraction of sp³-hybridized carbons (Fsp3) is 0.105. The molecule has 0 aliphatic carbocycles. The smallest absolute Gasteiger partial charge is 0.219 e. The average molecular weight is 560 g/mol. The maximum atomic E-state index is 10.5. The largest absolute Gasteiger partial charge is 0.507 e. The first-order valence-electron chi connectivity index (χ1n) is 14.5. The molecule has 0 aliphatic rings. The first-order valence-corrected chi connectivity index (χ1v) is 14.5. The number of pyridine rings is 2. The van der Waals surface area contributed by atoms with Crippen molar-refractivity contribution in [3.8, 4) is 39.9 Å². The Morgan fingerprint density at radius 1 is 0.698 bits per heavy atom. The van der Waals surface area contributed by atoms with Gasteiger partial charge in [0.1, 0.15) is 11.5 Å². The number of benzene rings is 4. The molecule has 8 aromatic rings. The first-order chi connectivity index (χ1) is 20.9. The Morgan fingerprint density at radius 2 is 1.47 bits per heavy atom. The van der Waals surface area contributed by atoms with Crippen molar-refractivity contribution in [2.45, 2.75) is 26.2 Å². The lowest BCUT2D eigenvalue weighted by Crippen LogP contribution is -2.11. The monoisotopic (exact) mass is 559 g/mol. The Morgan fingerprint density at radius 3 is 2.33 bits per heavy atom. The SMILES string of the molecule is CC(C)(C)c1ccnc(-c2cc(Oc3cccc(-c4ccccc4O)n3)c3c4cccc5c6ccccc6n(c3c2)c54)c1. The van der Waals surface area contributed by atoms with Gasteiger partial charge >= 0.3 is 0 Å². The molecule has 4 aromatic carbocycles. The number of rotatable bonds is 4. The van der Waals surface area contributed by atoms with Gasteiger partial charge in [-0.25, -0.2) is 4.98 Å². The standard InChI is InChI=1S/C38H29N3O2/c1-38(2,3)24-18-19-39-30(22-24)23-20-32-36(28-13-8-12-26-25-10-4-6-15-31(25)41(32)37(26)28)34(21-23)43-35-17-9-14-29(40-35)27-11-5-7-16-33(27)42/h4-22,42H,1-3H3. The summed E-state index contributed by atoms with van der Waals surface area (Å²) in [5, 5.41) is 15.1. The fourth-order valence-electron chi connectivity index (χ4n) is 6.23. The molecule has 4 heterocycles. The summed E-state index contributed by atoms with van der Waals surface area (Å²) in [5.41, 5.74) is 7.74. The third kappa shape index (κ3) is 4.00. The Labute approximate surface area is 249 Å².